The van der Waals surface area contributed by atoms with Crippen molar-refractivity contribution in [3.63, 3.8) is 0 Å². The topological polar surface area (TPSA) is 87.4 Å². The van der Waals surface area contributed by atoms with Crippen molar-refractivity contribution >= 4 is 39.0 Å². The standard InChI is InChI=1S/C25H25BrN4O4/c1-16-21(29-8-3-2-7-19(29)27-16)23(31)20-22(17-5-4-6-18(26)15-17)30(25(33)24(20)32)10-9-28-11-13-34-14-12-28/h2-8,15,22,31H,9-14H2,1H3/t22-/m0/s1. The summed E-state index contributed by atoms with van der Waals surface area (Å²) in [5.41, 5.74) is 2.49. The molecule has 0 radical (unpaired) electrons. The third kappa shape index (κ3) is 4.04. The maximum atomic E-state index is 13.3. The molecule has 0 spiro atoms. The van der Waals surface area contributed by atoms with E-state index in [4.69, 9.17) is 4.74 Å². The molecule has 0 saturated carbocycles. The average molecular weight is 525 g/mol. The van der Waals surface area contributed by atoms with Crippen LogP contribution < -0.4 is 0 Å². The van der Waals surface area contributed by atoms with Crippen LogP contribution in [0, 0.1) is 6.92 Å². The molecule has 9 heteroatoms. The molecule has 0 unspecified atom stereocenters. The summed E-state index contributed by atoms with van der Waals surface area (Å²) in [5, 5.41) is 11.5. The molecule has 1 N–H and O–H groups in total. The number of imidazole rings is 1. The number of morpholine rings is 1. The van der Waals surface area contributed by atoms with Crippen molar-refractivity contribution in [3.8, 4) is 0 Å². The number of amides is 1. The Morgan fingerprint density at radius 2 is 1.94 bits per heavy atom. The van der Waals surface area contributed by atoms with Gasteiger partial charge in [-0.3, -0.25) is 18.9 Å². The Morgan fingerprint density at radius 1 is 1.15 bits per heavy atom. The first kappa shape index (κ1) is 22.8. The number of likely N-dealkylation sites (tertiary alicyclic amines) is 1. The van der Waals surface area contributed by atoms with Crippen LogP contribution in [0.4, 0.5) is 0 Å². The van der Waals surface area contributed by atoms with Gasteiger partial charge in [0.2, 0.25) is 0 Å². The first-order valence-corrected chi connectivity index (χ1v) is 12.0. The van der Waals surface area contributed by atoms with Gasteiger partial charge in [0, 0.05) is 36.8 Å². The van der Waals surface area contributed by atoms with Crippen molar-refractivity contribution in [1.29, 1.82) is 0 Å². The van der Waals surface area contributed by atoms with E-state index in [-0.39, 0.29) is 11.3 Å². The maximum absolute atomic E-state index is 13.3. The van der Waals surface area contributed by atoms with E-state index in [0.29, 0.717) is 43.3 Å². The molecule has 0 aliphatic carbocycles. The largest absolute Gasteiger partial charge is 0.505 e. The van der Waals surface area contributed by atoms with Gasteiger partial charge >= 0.3 is 0 Å². The molecule has 176 valence electrons. The highest BCUT2D eigenvalue weighted by molar-refractivity contribution is 9.10. The zero-order chi connectivity index (χ0) is 23.8. The number of aromatic nitrogens is 2. The van der Waals surface area contributed by atoms with E-state index in [9.17, 15) is 14.7 Å². The van der Waals surface area contributed by atoms with E-state index < -0.39 is 17.7 Å². The molecule has 1 atom stereocenters. The van der Waals surface area contributed by atoms with Crippen molar-refractivity contribution in [2.75, 3.05) is 39.4 Å². The highest BCUT2D eigenvalue weighted by Crippen LogP contribution is 2.40. The normalized spacial score (nSPS) is 21.0. The number of aryl methyl sites for hydroxylation is 1. The minimum absolute atomic E-state index is 0.0823. The van der Waals surface area contributed by atoms with Gasteiger partial charge in [-0.2, -0.15) is 0 Å². The number of pyridine rings is 1. The molecule has 2 aromatic heterocycles. The summed E-state index contributed by atoms with van der Waals surface area (Å²) in [6.07, 6.45) is 1.78. The van der Waals surface area contributed by atoms with Crippen molar-refractivity contribution in [1.82, 2.24) is 19.2 Å². The molecule has 0 bridgehead atoms. The summed E-state index contributed by atoms with van der Waals surface area (Å²) in [6, 6.07) is 12.3. The van der Waals surface area contributed by atoms with Gasteiger partial charge in [0.1, 0.15) is 11.3 Å². The molecule has 2 aliphatic rings. The SMILES string of the molecule is Cc1nc2ccccn2c1C(O)=C1C(=O)C(=O)N(CCN2CCOCC2)[C@H]1c1cccc(Br)c1. The van der Waals surface area contributed by atoms with Crippen molar-refractivity contribution in [2.45, 2.75) is 13.0 Å². The van der Waals surface area contributed by atoms with Crippen molar-refractivity contribution in [2.24, 2.45) is 0 Å². The van der Waals surface area contributed by atoms with Crippen molar-refractivity contribution < 1.29 is 19.4 Å². The lowest BCUT2D eigenvalue weighted by molar-refractivity contribution is -0.140. The summed E-state index contributed by atoms with van der Waals surface area (Å²) in [5.74, 6) is -1.51. The average Bonchev–Trinajstić information content (AvgIpc) is 3.31. The molecule has 4 heterocycles. The minimum atomic E-state index is -0.702. The van der Waals surface area contributed by atoms with Crippen LogP contribution in [-0.4, -0.2) is 75.4 Å². The number of ether oxygens (including phenoxy) is 1. The molecule has 8 nitrogen and oxygen atoms in total. The van der Waals surface area contributed by atoms with E-state index in [0.717, 1.165) is 23.1 Å². The van der Waals surface area contributed by atoms with Gasteiger partial charge in [-0.25, -0.2) is 4.98 Å². The van der Waals surface area contributed by atoms with Crippen LogP contribution in [0.1, 0.15) is 23.0 Å². The molecule has 1 amide bonds. The minimum Gasteiger partial charge on any atom is -0.505 e. The van der Waals surface area contributed by atoms with Crippen LogP contribution in [-0.2, 0) is 14.3 Å². The second kappa shape index (κ2) is 9.32. The van der Waals surface area contributed by atoms with E-state index in [2.05, 4.69) is 25.8 Å². The monoisotopic (exact) mass is 524 g/mol. The molecule has 2 fully saturated rings. The number of Topliss-reactive ketones (excluding diaryl/α,β-unsaturated/α-hetero) is 1. The van der Waals surface area contributed by atoms with Crippen LogP contribution in [0.15, 0.2) is 58.7 Å². The molecular weight excluding hydrogens is 500 g/mol. The Labute approximate surface area is 205 Å². The van der Waals surface area contributed by atoms with Gasteiger partial charge in [0.05, 0.1) is 30.5 Å². The summed E-state index contributed by atoms with van der Waals surface area (Å²) in [6.45, 7) is 5.65. The second-order valence-corrected chi connectivity index (χ2v) is 9.39. The van der Waals surface area contributed by atoms with Gasteiger partial charge < -0.3 is 14.7 Å². The Kier molecular flexibility index (Phi) is 6.24. The lowest BCUT2D eigenvalue weighted by atomic mass is 9.96. The first-order valence-electron chi connectivity index (χ1n) is 11.2. The number of carbonyl (C=O) groups excluding carboxylic acids is 2. The van der Waals surface area contributed by atoms with E-state index in [1.54, 1.807) is 22.4 Å². The number of hydrogen-bond acceptors (Lipinski definition) is 6. The second-order valence-electron chi connectivity index (χ2n) is 8.48. The van der Waals surface area contributed by atoms with Gasteiger partial charge in [-0.15, -0.1) is 0 Å². The molecule has 2 aliphatic heterocycles. The van der Waals surface area contributed by atoms with Crippen LogP contribution >= 0.6 is 15.9 Å². The van der Waals surface area contributed by atoms with E-state index in [1.165, 1.54) is 0 Å². The predicted octanol–water partition coefficient (Wildman–Crippen LogP) is 3.16. The molecule has 1 aromatic carbocycles. The first-order chi connectivity index (χ1) is 16.5. The number of halogens is 1. The smallest absolute Gasteiger partial charge is 0.295 e. The molecule has 3 aromatic rings. The fourth-order valence-electron chi connectivity index (χ4n) is 4.73. The quantitative estimate of drug-likeness (QED) is 0.313. The zero-order valence-corrected chi connectivity index (χ0v) is 20.4. The zero-order valence-electron chi connectivity index (χ0n) is 18.8. The molecular formula is C25H25BrN4O4. The molecule has 5 rings (SSSR count). The predicted molar refractivity (Wildman–Crippen MR) is 130 cm³/mol. The number of ketones is 1. The number of aliphatic hydroxyl groups excluding tert-OH is 1. The Hall–Kier alpha value is -3.01. The van der Waals surface area contributed by atoms with Gasteiger partial charge in [-0.05, 0) is 36.8 Å². The summed E-state index contributed by atoms with van der Waals surface area (Å²) >= 11 is 3.50. The van der Waals surface area contributed by atoms with Crippen molar-refractivity contribution in [3.05, 3.63) is 75.7 Å². The highest BCUT2D eigenvalue weighted by Gasteiger charge is 2.46. The number of hydrogen-bond donors (Lipinski definition) is 1. The number of benzene rings is 1. The summed E-state index contributed by atoms with van der Waals surface area (Å²) in [7, 11) is 0. The lowest BCUT2D eigenvalue weighted by Crippen LogP contribution is -2.42. The van der Waals surface area contributed by atoms with Crippen LogP contribution in [0.25, 0.3) is 11.4 Å². The van der Waals surface area contributed by atoms with Crippen LogP contribution in [0.3, 0.4) is 0 Å². The fraction of sp³-hybridized carbons (Fsp3) is 0.320. The third-order valence-corrected chi connectivity index (χ3v) is 6.89. The number of aliphatic hydroxyl groups is 1. The van der Waals surface area contributed by atoms with Gasteiger partial charge in [-0.1, -0.05) is 34.1 Å². The van der Waals surface area contributed by atoms with Gasteiger partial charge in [0.25, 0.3) is 11.7 Å². The third-order valence-electron chi connectivity index (χ3n) is 6.39. The summed E-state index contributed by atoms with van der Waals surface area (Å²) < 4.78 is 7.99. The molecule has 34 heavy (non-hydrogen) atoms. The Bertz CT molecular complexity index is 1300. The molecule has 2 saturated heterocycles. The number of nitrogens with zero attached hydrogens (tertiary/aromatic N) is 4. The Morgan fingerprint density at radius 3 is 2.71 bits per heavy atom. The highest BCUT2D eigenvalue weighted by atomic mass is 79.9. The number of carbonyl (C=O) groups is 2. The number of fused-ring (bicyclic) bond motifs is 1. The maximum Gasteiger partial charge on any atom is 0.295 e. The lowest BCUT2D eigenvalue weighted by Gasteiger charge is -2.31. The van der Waals surface area contributed by atoms with Crippen LogP contribution in [0.2, 0.25) is 0 Å². The van der Waals surface area contributed by atoms with Crippen LogP contribution in [0.5, 0.6) is 0 Å². The number of rotatable bonds is 5. The fourth-order valence-corrected chi connectivity index (χ4v) is 5.15. The van der Waals surface area contributed by atoms with Gasteiger partial charge in [0.15, 0.2) is 5.76 Å². The summed E-state index contributed by atoms with van der Waals surface area (Å²) in [4.78, 5) is 34.9. The Balaban J connectivity index is 1.61. The van der Waals surface area contributed by atoms with E-state index in [1.807, 2.05) is 42.5 Å². The van der Waals surface area contributed by atoms with E-state index >= 15 is 0 Å².